The zero-order chi connectivity index (χ0) is 21.8. The highest BCUT2D eigenvalue weighted by molar-refractivity contribution is 8.00. The molecule has 0 unspecified atom stereocenters. The van der Waals surface area contributed by atoms with Crippen LogP contribution in [0.25, 0.3) is 11.0 Å². The predicted octanol–water partition coefficient (Wildman–Crippen LogP) is 4.70. The zero-order valence-corrected chi connectivity index (χ0v) is 18.5. The van der Waals surface area contributed by atoms with Crippen LogP contribution in [0.1, 0.15) is 12.0 Å². The smallest absolute Gasteiger partial charge is 0.270 e. The monoisotopic (exact) mass is 451 g/mol. The van der Waals surface area contributed by atoms with Gasteiger partial charge in [-0.15, -0.1) is 0 Å². The van der Waals surface area contributed by atoms with Gasteiger partial charge in [0.05, 0.1) is 15.9 Å². The van der Waals surface area contributed by atoms with Crippen LogP contribution in [0.5, 0.6) is 0 Å². The fraction of sp³-hybridized carbons (Fsp3) is 0.130. The molecule has 6 nitrogen and oxygen atoms in total. The Kier molecular flexibility index (Phi) is 6.11. The van der Waals surface area contributed by atoms with E-state index in [0.29, 0.717) is 21.9 Å². The van der Waals surface area contributed by atoms with Gasteiger partial charge in [0.2, 0.25) is 5.91 Å². The Morgan fingerprint density at radius 1 is 0.968 bits per heavy atom. The molecule has 1 heterocycles. The van der Waals surface area contributed by atoms with Crippen molar-refractivity contribution in [2.45, 2.75) is 23.4 Å². The molecule has 4 rings (SSSR count). The van der Waals surface area contributed by atoms with E-state index in [1.165, 1.54) is 15.7 Å². The molecule has 0 saturated carbocycles. The zero-order valence-electron chi connectivity index (χ0n) is 16.9. The predicted molar refractivity (Wildman–Crippen MR) is 124 cm³/mol. The third kappa shape index (κ3) is 4.65. The van der Waals surface area contributed by atoms with Gasteiger partial charge in [-0.2, -0.15) is 0 Å². The molecule has 0 atom stereocenters. The Morgan fingerprint density at radius 3 is 2.39 bits per heavy atom. The number of carbonyl (C=O) groups is 1. The Labute approximate surface area is 185 Å². The highest BCUT2D eigenvalue weighted by atomic mass is 32.2. The van der Waals surface area contributed by atoms with E-state index in [2.05, 4.69) is 10.3 Å². The second-order valence-corrected chi connectivity index (χ2v) is 9.83. The lowest BCUT2D eigenvalue weighted by Gasteiger charge is -2.10. The second-order valence-electron chi connectivity index (χ2n) is 6.98. The summed E-state index contributed by atoms with van der Waals surface area (Å²) in [5.41, 5.74) is 2.96. The normalized spacial score (nSPS) is 11.5. The lowest BCUT2D eigenvalue weighted by molar-refractivity contribution is -0.115. The minimum absolute atomic E-state index is 0.134. The van der Waals surface area contributed by atoms with Gasteiger partial charge in [0.1, 0.15) is 0 Å². The average Bonchev–Trinajstić information content (AvgIpc) is 3.15. The molecule has 4 aromatic rings. The molecule has 8 heteroatoms. The summed E-state index contributed by atoms with van der Waals surface area (Å²) in [6.07, 6.45) is 0.229. The van der Waals surface area contributed by atoms with Crippen LogP contribution in [0.4, 0.5) is 5.69 Å². The molecule has 0 bridgehead atoms. The topological polar surface area (TPSA) is 81.1 Å². The number of anilines is 1. The van der Waals surface area contributed by atoms with E-state index in [1.54, 1.807) is 48.5 Å². The molecule has 158 valence electrons. The van der Waals surface area contributed by atoms with E-state index in [4.69, 9.17) is 0 Å². The summed E-state index contributed by atoms with van der Waals surface area (Å²) >= 11 is 1.25. The van der Waals surface area contributed by atoms with Gasteiger partial charge in [0.25, 0.3) is 10.0 Å². The van der Waals surface area contributed by atoms with Crippen molar-refractivity contribution in [3.63, 3.8) is 0 Å². The van der Waals surface area contributed by atoms with Gasteiger partial charge < -0.3 is 5.32 Å². The molecule has 0 aliphatic carbocycles. The third-order valence-corrected chi connectivity index (χ3v) is 7.44. The van der Waals surface area contributed by atoms with Crippen LogP contribution >= 0.6 is 11.8 Å². The molecular formula is C23H21N3O3S2. The number of hydrogen-bond acceptors (Lipinski definition) is 5. The Bertz CT molecular complexity index is 1320. The highest BCUT2D eigenvalue weighted by Crippen LogP contribution is 2.29. The van der Waals surface area contributed by atoms with Crippen molar-refractivity contribution < 1.29 is 13.2 Å². The van der Waals surface area contributed by atoms with Gasteiger partial charge >= 0.3 is 0 Å². The minimum atomic E-state index is -3.82. The number of nitrogens with one attached hydrogen (secondary N) is 1. The maximum atomic E-state index is 13.3. The maximum absolute atomic E-state index is 13.3. The number of hydrogen-bond donors (Lipinski definition) is 1. The summed E-state index contributed by atoms with van der Waals surface area (Å²) in [5.74, 6) is 0.260. The quantitative estimate of drug-likeness (QED) is 0.412. The van der Waals surface area contributed by atoms with Crippen molar-refractivity contribution in [3.05, 3.63) is 84.4 Å². The Hall–Kier alpha value is -3.10. The second kappa shape index (κ2) is 8.95. The van der Waals surface area contributed by atoms with Crippen molar-refractivity contribution in [1.29, 1.82) is 0 Å². The molecular weight excluding hydrogens is 430 g/mol. The highest BCUT2D eigenvalue weighted by Gasteiger charge is 2.24. The number of nitrogens with zero attached hydrogens (tertiary/aromatic N) is 2. The largest absolute Gasteiger partial charge is 0.326 e. The van der Waals surface area contributed by atoms with Gasteiger partial charge in [-0.3, -0.25) is 4.79 Å². The van der Waals surface area contributed by atoms with Gasteiger partial charge in [0, 0.05) is 17.9 Å². The molecule has 0 fully saturated rings. The van der Waals surface area contributed by atoms with Gasteiger partial charge in [-0.1, -0.05) is 59.8 Å². The number of fused-ring (bicyclic) bond motifs is 1. The summed E-state index contributed by atoms with van der Waals surface area (Å²) in [7, 11) is -3.82. The van der Waals surface area contributed by atoms with Crippen LogP contribution in [0, 0.1) is 6.92 Å². The van der Waals surface area contributed by atoms with Crippen molar-refractivity contribution in [3.8, 4) is 0 Å². The van der Waals surface area contributed by atoms with Crippen molar-refractivity contribution >= 4 is 44.4 Å². The van der Waals surface area contributed by atoms with E-state index >= 15 is 0 Å². The van der Waals surface area contributed by atoms with Crippen molar-refractivity contribution in [1.82, 2.24) is 8.96 Å². The number of benzene rings is 3. The van der Waals surface area contributed by atoms with Gasteiger partial charge in [-0.25, -0.2) is 17.4 Å². The first-order valence-corrected chi connectivity index (χ1v) is 12.1. The summed E-state index contributed by atoms with van der Waals surface area (Å²) < 4.78 is 27.9. The standard InChI is InChI=1S/C23H21N3O3S2/c1-17-11-13-18(14-12-17)24-22(27)15-16-30-23-25-20-9-5-6-10-21(20)26(23)31(28,29)19-7-3-2-4-8-19/h2-14H,15-16H2,1H3,(H,24,27). The number of aryl methyl sites for hydroxylation is 1. The molecule has 3 aromatic carbocycles. The Morgan fingerprint density at radius 2 is 1.65 bits per heavy atom. The van der Waals surface area contributed by atoms with E-state index in [9.17, 15) is 13.2 Å². The van der Waals surface area contributed by atoms with E-state index < -0.39 is 10.0 Å². The molecule has 0 radical (unpaired) electrons. The first-order valence-electron chi connectivity index (χ1n) is 9.72. The lowest BCUT2D eigenvalue weighted by Crippen LogP contribution is -2.15. The summed E-state index contributed by atoms with van der Waals surface area (Å²) in [6.45, 7) is 1.98. The number of imidazole rings is 1. The number of amides is 1. The van der Waals surface area contributed by atoms with E-state index in [-0.39, 0.29) is 17.2 Å². The number of thioether (sulfide) groups is 1. The number of rotatable bonds is 7. The van der Waals surface area contributed by atoms with Crippen molar-refractivity contribution in [2.75, 3.05) is 11.1 Å². The minimum Gasteiger partial charge on any atom is -0.326 e. The molecule has 0 saturated heterocycles. The van der Waals surface area contributed by atoms with Gasteiger partial charge in [0.15, 0.2) is 5.16 Å². The van der Waals surface area contributed by atoms with Crippen LogP contribution in [0.2, 0.25) is 0 Å². The molecule has 1 N–H and O–H groups in total. The van der Waals surface area contributed by atoms with Crippen molar-refractivity contribution in [2.24, 2.45) is 0 Å². The Balaban J connectivity index is 1.55. The van der Waals surface area contributed by atoms with E-state index in [1.807, 2.05) is 37.3 Å². The molecule has 0 aliphatic heterocycles. The SMILES string of the molecule is Cc1ccc(NC(=O)CCSc2nc3ccccc3n2S(=O)(=O)c2ccccc2)cc1. The number of carbonyl (C=O) groups excluding carboxylic acids is 1. The molecule has 0 spiro atoms. The van der Waals surface area contributed by atoms with Crippen LogP contribution in [-0.4, -0.2) is 29.0 Å². The van der Waals surface area contributed by atoms with Crippen LogP contribution in [-0.2, 0) is 14.8 Å². The number of para-hydroxylation sites is 2. The lowest BCUT2D eigenvalue weighted by atomic mass is 10.2. The first-order chi connectivity index (χ1) is 14.9. The third-order valence-electron chi connectivity index (χ3n) is 4.67. The maximum Gasteiger partial charge on any atom is 0.270 e. The molecule has 0 aliphatic rings. The van der Waals surface area contributed by atoms with Crippen LogP contribution in [0.3, 0.4) is 0 Å². The fourth-order valence-corrected chi connectivity index (χ4v) is 5.77. The van der Waals surface area contributed by atoms with Crippen LogP contribution < -0.4 is 5.32 Å². The van der Waals surface area contributed by atoms with Crippen LogP contribution in [0.15, 0.2) is 88.9 Å². The average molecular weight is 452 g/mol. The molecule has 1 amide bonds. The van der Waals surface area contributed by atoms with Gasteiger partial charge in [-0.05, 0) is 43.3 Å². The molecule has 1 aromatic heterocycles. The summed E-state index contributed by atoms with van der Waals surface area (Å²) in [5, 5.41) is 3.20. The fourth-order valence-electron chi connectivity index (χ4n) is 3.10. The first kappa shape index (κ1) is 21.1. The number of aromatic nitrogens is 2. The summed E-state index contributed by atoms with van der Waals surface area (Å²) in [4.78, 5) is 17.0. The van der Waals surface area contributed by atoms with E-state index in [0.717, 1.165) is 11.3 Å². The summed E-state index contributed by atoms with van der Waals surface area (Å²) in [6, 6.07) is 23.0. The molecule has 31 heavy (non-hydrogen) atoms.